The number of sulfonamides is 1. The molecule has 0 bridgehead atoms. The standard InChI is InChI=1S/C21H28N2O4S/c1-6-16-7-9-17(10-8-16)15(4)23-28(25,26)18-11-12-20(27-5)19(13-18)21(24)22-14(2)3/h7-15,23H,6H2,1-5H3,(H,22,24). The highest BCUT2D eigenvalue weighted by molar-refractivity contribution is 7.89. The first-order valence-electron chi connectivity index (χ1n) is 9.28. The topological polar surface area (TPSA) is 84.5 Å². The van der Waals surface area contributed by atoms with Crippen molar-refractivity contribution in [3.05, 3.63) is 59.2 Å². The minimum absolute atomic E-state index is 0.0132. The third-order valence-electron chi connectivity index (χ3n) is 4.37. The highest BCUT2D eigenvalue weighted by Gasteiger charge is 2.22. The van der Waals surface area contributed by atoms with E-state index in [9.17, 15) is 13.2 Å². The summed E-state index contributed by atoms with van der Waals surface area (Å²) in [6.07, 6.45) is 0.924. The summed E-state index contributed by atoms with van der Waals surface area (Å²) < 4.78 is 33.6. The van der Waals surface area contributed by atoms with Crippen molar-refractivity contribution >= 4 is 15.9 Å². The first-order valence-corrected chi connectivity index (χ1v) is 10.8. The molecule has 1 unspecified atom stereocenters. The Kier molecular flexibility index (Phi) is 7.21. The van der Waals surface area contributed by atoms with E-state index in [-0.39, 0.29) is 22.4 Å². The Morgan fingerprint density at radius 3 is 2.25 bits per heavy atom. The summed E-state index contributed by atoms with van der Waals surface area (Å²) in [5.41, 5.74) is 2.24. The number of nitrogens with one attached hydrogen (secondary N) is 2. The molecule has 0 saturated heterocycles. The first-order chi connectivity index (χ1) is 13.2. The van der Waals surface area contributed by atoms with Gasteiger partial charge >= 0.3 is 0 Å². The molecular formula is C21H28N2O4S. The number of hydrogen-bond donors (Lipinski definition) is 2. The fraction of sp³-hybridized carbons (Fsp3) is 0.381. The Hall–Kier alpha value is -2.38. The van der Waals surface area contributed by atoms with E-state index in [1.54, 1.807) is 6.92 Å². The zero-order valence-electron chi connectivity index (χ0n) is 16.9. The van der Waals surface area contributed by atoms with Crippen LogP contribution in [0, 0.1) is 0 Å². The predicted molar refractivity (Wildman–Crippen MR) is 110 cm³/mol. The summed E-state index contributed by atoms with van der Waals surface area (Å²) in [6.45, 7) is 7.52. The zero-order valence-corrected chi connectivity index (χ0v) is 17.8. The molecule has 2 aromatic rings. The minimum Gasteiger partial charge on any atom is -0.496 e. The minimum atomic E-state index is -3.82. The van der Waals surface area contributed by atoms with Crippen molar-refractivity contribution in [1.82, 2.24) is 10.0 Å². The van der Waals surface area contributed by atoms with Crippen molar-refractivity contribution in [2.45, 2.75) is 51.1 Å². The van der Waals surface area contributed by atoms with E-state index in [2.05, 4.69) is 17.0 Å². The number of carbonyl (C=O) groups excluding carboxylic acids is 1. The average molecular weight is 405 g/mol. The molecule has 1 atom stereocenters. The quantitative estimate of drug-likeness (QED) is 0.706. The fourth-order valence-corrected chi connectivity index (χ4v) is 4.04. The Morgan fingerprint density at radius 2 is 1.71 bits per heavy atom. The van der Waals surface area contributed by atoms with Crippen LogP contribution >= 0.6 is 0 Å². The van der Waals surface area contributed by atoms with Crippen molar-refractivity contribution in [2.24, 2.45) is 0 Å². The maximum atomic E-state index is 12.9. The molecule has 6 nitrogen and oxygen atoms in total. The Balaban J connectivity index is 2.29. The SMILES string of the molecule is CCc1ccc(C(C)NS(=O)(=O)c2ccc(OC)c(C(=O)NC(C)C)c2)cc1. The highest BCUT2D eigenvalue weighted by Crippen LogP contribution is 2.24. The summed E-state index contributed by atoms with van der Waals surface area (Å²) in [7, 11) is -2.38. The summed E-state index contributed by atoms with van der Waals surface area (Å²) >= 11 is 0. The van der Waals surface area contributed by atoms with Gasteiger partial charge in [-0.15, -0.1) is 0 Å². The molecule has 0 aliphatic heterocycles. The largest absolute Gasteiger partial charge is 0.496 e. The van der Waals surface area contributed by atoms with Crippen molar-refractivity contribution in [2.75, 3.05) is 7.11 Å². The van der Waals surface area contributed by atoms with Gasteiger partial charge in [0.2, 0.25) is 10.0 Å². The molecule has 28 heavy (non-hydrogen) atoms. The number of rotatable bonds is 8. The molecule has 2 rings (SSSR count). The monoisotopic (exact) mass is 404 g/mol. The lowest BCUT2D eigenvalue weighted by molar-refractivity contribution is 0.0940. The second-order valence-corrected chi connectivity index (χ2v) is 8.64. The molecule has 2 aromatic carbocycles. The van der Waals surface area contributed by atoms with Crippen LogP contribution < -0.4 is 14.8 Å². The van der Waals surface area contributed by atoms with E-state index >= 15 is 0 Å². The molecule has 0 aliphatic rings. The number of amides is 1. The van der Waals surface area contributed by atoms with E-state index in [1.165, 1.54) is 30.9 Å². The van der Waals surface area contributed by atoms with E-state index < -0.39 is 16.1 Å². The molecule has 0 aliphatic carbocycles. The smallest absolute Gasteiger partial charge is 0.255 e. The highest BCUT2D eigenvalue weighted by atomic mass is 32.2. The van der Waals surface area contributed by atoms with Crippen molar-refractivity contribution < 1.29 is 17.9 Å². The first kappa shape index (κ1) is 21.9. The molecule has 0 fully saturated rings. The Morgan fingerprint density at radius 1 is 1.07 bits per heavy atom. The average Bonchev–Trinajstić information content (AvgIpc) is 2.66. The number of carbonyl (C=O) groups is 1. The van der Waals surface area contributed by atoms with Crippen LogP contribution in [0.4, 0.5) is 0 Å². The van der Waals surface area contributed by atoms with Gasteiger partial charge in [0.1, 0.15) is 5.75 Å². The van der Waals surface area contributed by atoms with Gasteiger partial charge in [0, 0.05) is 12.1 Å². The summed E-state index contributed by atoms with van der Waals surface area (Å²) in [5, 5.41) is 2.76. The van der Waals surface area contributed by atoms with Gasteiger partial charge in [0.25, 0.3) is 5.91 Å². The fourth-order valence-electron chi connectivity index (χ4n) is 2.78. The molecule has 7 heteroatoms. The molecule has 0 saturated carbocycles. The van der Waals surface area contributed by atoms with Crippen LogP contribution in [-0.4, -0.2) is 27.5 Å². The summed E-state index contributed by atoms with van der Waals surface area (Å²) in [5.74, 6) is -0.0626. The van der Waals surface area contributed by atoms with Crippen molar-refractivity contribution in [1.29, 1.82) is 0 Å². The van der Waals surface area contributed by atoms with E-state index in [0.29, 0.717) is 5.75 Å². The van der Waals surface area contributed by atoms with E-state index in [4.69, 9.17) is 4.74 Å². The van der Waals surface area contributed by atoms with Gasteiger partial charge in [0.15, 0.2) is 0 Å². The summed E-state index contributed by atoms with van der Waals surface area (Å²) in [6, 6.07) is 11.6. The summed E-state index contributed by atoms with van der Waals surface area (Å²) in [4.78, 5) is 12.4. The van der Waals surface area contributed by atoms with Crippen molar-refractivity contribution in [3.63, 3.8) is 0 Å². The molecule has 1 amide bonds. The lowest BCUT2D eigenvalue weighted by atomic mass is 10.1. The van der Waals surface area contributed by atoms with Gasteiger partial charge in [-0.1, -0.05) is 31.2 Å². The molecule has 0 radical (unpaired) electrons. The van der Waals surface area contributed by atoms with Gasteiger partial charge in [-0.25, -0.2) is 13.1 Å². The second kappa shape index (κ2) is 9.21. The molecule has 2 N–H and O–H groups in total. The molecule has 0 heterocycles. The third kappa shape index (κ3) is 5.33. The van der Waals surface area contributed by atoms with E-state index in [0.717, 1.165) is 12.0 Å². The Bertz CT molecular complexity index is 922. The zero-order chi connectivity index (χ0) is 20.9. The van der Waals surface area contributed by atoms with Gasteiger partial charge in [-0.2, -0.15) is 0 Å². The van der Waals surface area contributed by atoms with Crippen LogP contribution in [0.3, 0.4) is 0 Å². The Labute approximate surface area is 167 Å². The van der Waals surface area contributed by atoms with Crippen LogP contribution in [0.2, 0.25) is 0 Å². The number of benzene rings is 2. The van der Waals surface area contributed by atoms with Gasteiger partial charge in [-0.3, -0.25) is 4.79 Å². The maximum absolute atomic E-state index is 12.9. The molecular weight excluding hydrogens is 376 g/mol. The lowest BCUT2D eigenvalue weighted by Gasteiger charge is -2.17. The third-order valence-corrected chi connectivity index (χ3v) is 5.90. The predicted octanol–water partition coefficient (Wildman–Crippen LogP) is 3.44. The van der Waals surface area contributed by atoms with Gasteiger partial charge in [-0.05, 0) is 56.5 Å². The second-order valence-electron chi connectivity index (χ2n) is 6.93. The van der Waals surface area contributed by atoms with Gasteiger partial charge in [0.05, 0.1) is 17.6 Å². The molecule has 0 spiro atoms. The van der Waals surface area contributed by atoms with Crippen LogP contribution in [0.15, 0.2) is 47.4 Å². The van der Waals surface area contributed by atoms with Gasteiger partial charge < -0.3 is 10.1 Å². The molecule has 0 aromatic heterocycles. The normalized spacial score (nSPS) is 12.6. The lowest BCUT2D eigenvalue weighted by Crippen LogP contribution is -2.31. The van der Waals surface area contributed by atoms with Crippen LogP contribution in [-0.2, 0) is 16.4 Å². The van der Waals surface area contributed by atoms with Crippen LogP contribution in [0.5, 0.6) is 5.75 Å². The number of ether oxygens (including phenoxy) is 1. The van der Waals surface area contributed by atoms with Crippen molar-refractivity contribution in [3.8, 4) is 5.75 Å². The van der Waals surface area contributed by atoms with Crippen LogP contribution in [0.25, 0.3) is 0 Å². The van der Waals surface area contributed by atoms with E-state index in [1.807, 2.05) is 38.1 Å². The molecule has 152 valence electrons. The number of aryl methyl sites for hydroxylation is 1. The van der Waals surface area contributed by atoms with Crippen LogP contribution in [0.1, 0.15) is 55.2 Å². The number of hydrogen-bond acceptors (Lipinski definition) is 4. The number of methoxy groups -OCH3 is 1. The maximum Gasteiger partial charge on any atom is 0.255 e.